The Morgan fingerprint density at radius 1 is 1.08 bits per heavy atom. The van der Waals surface area contributed by atoms with Crippen LogP contribution in [0.4, 0.5) is 17.3 Å². The zero-order valence-electron chi connectivity index (χ0n) is 13.7. The number of nitrogen functional groups attached to an aromatic ring is 1. The van der Waals surface area contributed by atoms with Crippen LogP contribution in [0.3, 0.4) is 0 Å². The first-order valence-corrected chi connectivity index (χ1v) is 7.88. The minimum atomic E-state index is 0.448. The Labute approximate surface area is 144 Å². The molecule has 0 bridgehead atoms. The molecule has 25 heavy (non-hydrogen) atoms. The zero-order valence-corrected chi connectivity index (χ0v) is 13.7. The van der Waals surface area contributed by atoms with Crippen LogP contribution in [-0.4, -0.2) is 15.0 Å². The van der Waals surface area contributed by atoms with E-state index in [4.69, 9.17) is 10.5 Å². The standard InChI is InChI=1S/C19H17N5O/c1-12-2-3-14(11-16(12)20)23-19-22-9-7-18(24-19)25-15-4-5-17-13(10-15)6-8-21-17/h2-11,21H,20H2,1H3,(H,22,23,24). The quantitative estimate of drug-likeness (QED) is 0.483. The van der Waals surface area contributed by atoms with Gasteiger partial charge in [0, 0.05) is 40.7 Å². The maximum Gasteiger partial charge on any atom is 0.230 e. The van der Waals surface area contributed by atoms with Crippen molar-refractivity contribution in [3.63, 3.8) is 0 Å². The van der Waals surface area contributed by atoms with E-state index in [1.54, 1.807) is 12.3 Å². The van der Waals surface area contributed by atoms with Crippen LogP contribution < -0.4 is 15.8 Å². The number of H-pyrrole nitrogens is 1. The van der Waals surface area contributed by atoms with Crippen molar-refractivity contribution < 1.29 is 4.74 Å². The monoisotopic (exact) mass is 331 g/mol. The zero-order chi connectivity index (χ0) is 17.2. The smallest absolute Gasteiger partial charge is 0.230 e. The summed E-state index contributed by atoms with van der Waals surface area (Å²) in [5.74, 6) is 1.63. The second-order valence-corrected chi connectivity index (χ2v) is 5.74. The van der Waals surface area contributed by atoms with E-state index < -0.39 is 0 Å². The fraction of sp³-hybridized carbons (Fsp3) is 0.0526. The molecule has 4 aromatic rings. The number of rotatable bonds is 4. The summed E-state index contributed by atoms with van der Waals surface area (Å²) in [6, 6.07) is 15.3. The maximum atomic E-state index is 5.93. The van der Waals surface area contributed by atoms with Gasteiger partial charge in [-0.25, -0.2) is 4.98 Å². The predicted octanol–water partition coefficient (Wildman–Crippen LogP) is 4.38. The van der Waals surface area contributed by atoms with Crippen LogP contribution in [0, 0.1) is 6.92 Å². The number of hydrogen-bond acceptors (Lipinski definition) is 5. The third-order valence-electron chi connectivity index (χ3n) is 3.91. The Bertz CT molecular complexity index is 1040. The molecule has 4 rings (SSSR count). The van der Waals surface area contributed by atoms with Crippen molar-refractivity contribution in [2.45, 2.75) is 6.92 Å². The van der Waals surface area contributed by atoms with Gasteiger partial charge in [0.25, 0.3) is 0 Å². The van der Waals surface area contributed by atoms with Crippen LogP contribution in [0.2, 0.25) is 0 Å². The van der Waals surface area contributed by atoms with Crippen LogP contribution in [0.5, 0.6) is 11.6 Å². The van der Waals surface area contributed by atoms with Crippen LogP contribution in [0.1, 0.15) is 5.56 Å². The van der Waals surface area contributed by atoms with Crippen molar-refractivity contribution in [3.8, 4) is 11.6 Å². The number of nitrogens with zero attached hydrogens (tertiary/aromatic N) is 2. The highest BCUT2D eigenvalue weighted by atomic mass is 16.5. The highest BCUT2D eigenvalue weighted by Gasteiger charge is 2.05. The molecule has 0 radical (unpaired) electrons. The van der Waals surface area contributed by atoms with Crippen LogP contribution in [0.25, 0.3) is 10.9 Å². The van der Waals surface area contributed by atoms with Gasteiger partial charge in [0.15, 0.2) is 0 Å². The summed E-state index contributed by atoms with van der Waals surface area (Å²) >= 11 is 0. The molecule has 6 nitrogen and oxygen atoms in total. The van der Waals surface area contributed by atoms with Crippen molar-refractivity contribution in [2.24, 2.45) is 0 Å². The number of aromatic nitrogens is 3. The van der Waals surface area contributed by atoms with Crippen LogP contribution in [0.15, 0.2) is 60.9 Å². The van der Waals surface area contributed by atoms with E-state index in [1.807, 2.05) is 55.6 Å². The van der Waals surface area contributed by atoms with E-state index in [9.17, 15) is 0 Å². The normalized spacial score (nSPS) is 10.8. The second-order valence-electron chi connectivity index (χ2n) is 5.74. The van der Waals surface area contributed by atoms with Gasteiger partial charge in [-0.05, 0) is 48.9 Å². The van der Waals surface area contributed by atoms with Crippen LogP contribution in [-0.2, 0) is 0 Å². The molecular weight excluding hydrogens is 314 g/mol. The average Bonchev–Trinajstić information content (AvgIpc) is 3.06. The van der Waals surface area contributed by atoms with E-state index in [0.717, 1.165) is 33.6 Å². The lowest BCUT2D eigenvalue weighted by Crippen LogP contribution is -1.99. The molecule has 2 aromatic heterocycles. The molecule has 0 unspecified atom stereocenters. The summed E-state index contributed by atoms with van der Waals surface area (Å²) in [7, 11) is 0. The molecule has 2 aromatic carbocycles. The molecule has 0 fully saturated rings. The van der Waals surface area contributed by atoms with E-state index >= 15 is 0 Å². The number of nitrogens with two attached hydrogens (primary N) is 1. The lowest BCUT2D eigenvalue weighted by Gasteiger charge is -2.09. The van der Waals surface area contributed by atoms with Gasteiger partial charge in [0.2, 0.25) is 11.8 Å². The molecule has 0 aliphatic rings. The molecule has 2 heterocycles. The largest absolute Gasteiger partial charge is 0.439 e. The Balaban J connectivity index is 1.55. The molecule has 124 valence electrons. The summed E-state index contributed by atoms with van der Waals surface area (Å²) in [5.41, 5.74) is 9.58. The number of ether oxygens (including phenoxy) is 1. The van der Waals surface area contributed by atoms with Gasteiger partial charge < -0.3 is 20.8 Å². The number of aryl methyl sites for hydroxylation is 1. The van der Waals surface area contributed by atoms with Crippen molar-refractivity contribution >= 4 is 28.2 Å². The number of anilines is 3. The fourth-order valence-corrected chi connectivity index (χ4v) is 2.52. The van der Waals surface area contributed by atoms with Crippen molar-refractivity contribution in [2.75, 3.05) is 11.1 Å². The lowest BCUT2D eigenvalue weighted by atomic mass is 10.2. The number of aromatic amines is 1. The summed E-state index contributed by atoms with van der Waals surface area (Å²) in [6.45, 7) is 1.96. The van der Waals surface area contributed by atoms with Gasteiger partial charge in [-0.15, -0.1) is 0 Å². The number of nitrogens with one attached hydrogen (secondary N) is 2. The Kier molecular flexibility index (Phi) is 3.70. The third-order valence-corrected chi connectivity index (χ3v) is 3.91. The summed E-state index contributed by atoms with van der Waals surface area (Å²) in [4.78, 5) is 11.8. The highest BCUT2D eigenvalue weighted by Crippen LogP contribution is 2.25. The Hall–Kier alpha value is -3.54. The molecule has 0 saturated heterocycles. The molecule has 0 atom stereocenters. The first-order valence-electron chi connectivity index (χ1n) is 7.88. The topological polar surface area (TPSA) is 88.9 Å². The molecule has 0 spiro atoms. The third kappa shape index (κ3) is 3.23. The van der Waals surface area contributed by atoms with E-state index in [2.05, 4.69) is 20.3 Å². The molecule has 0 amide bonds. The van der Waals surface area contributed by atoms with Gasteiger partial charge in [-0.2, -0.15) is 4.98 Å². The molecule has 0 aliphatic heterocycles. The summed E-state index contributed by atoms with van der Waals surface area (Å²) in [5, 5.41) is 4.22. The summed E-state index contributed by atoms with van der Waals surface area (Å²) in [6.07, 6.45) is 3.55. The number of fused-ring (bicyclic) bond motifs is 1. The minimum Gasteiger partial charge on any atom is -0.439 e. The second kappa shape index (κ2) is 6.16. The predicted molar refractivity (Wildman–Crippen MR) is 99.3 cm³/mol. The molecule has 6 heteroatoms. The van der Waals surface area contributed by atoms with E-state index in [1.165, 1.54) is 0 Å². The Morgan fingerprint density at radius 3 is 2.88 bits per heavy atom. The highest BCUT2D eigenvalue weighted by molar-refractivity contribution is 5.80. The van der Waals surface area contributed by atoms with Crippen LogP contribution >= 0.6 is 0 Å². The number of hydrogen-bond donors (Lipinski definition) is 3. The molecule has 0 saturated carbocycles. The van der Waals surface area contributed by atoms with E-state index in [-0.39, 0.29) is 0 Å². The minimum absolute atomic E-state index is 0.448. The van der Waals surface area contributed by atoms with Gasteiger partial charge in [-0.1, -0.05) is 6.07 Å². The van der Waals surface area contributed by atoms with Gasteiger partial charge in [0.1, 0.15) is 5.75 Å². The summed E-state index contributed by atoms with van der Waals surface area (Å²) < 4.78 is 5.85. The number of benzene rings is 2. The molecule has 0 aliphatic carbocycles. The fourth-order valence-electron chi connectivity index (χ4n) is 2.52. The van der Waals surface area contributed by atoms with E-state index in [0.29, 0.717) is 11.8 Å². The maximum absolute atomic E-state index is 5.93. The van der Waals surface area contributed by atoms with Gasteiger partial charge in [0.05, 0.1) is 0 Å². The lowest BCUT2D eigenvalue weighted by molar-refractivity contribution is 0.463. The van der Waals surface area contributed by atoms with Crippen molar-refractivity contribution in [1.82, 2.24) is 15.0 Å². The first kappa shape index (κ1) is 15.0. The van der Waals surface area contributed by atoms with Crippen molar-refractivity contribution in [3.05, 3.63) is 66.5 Å². The SMILES string of the molecule is Cc1ccc(Nc2nccc(Oc3ccc4[nH]ccc4c3)n2)cc1N. The van der Waals surface area contributed by atoms with Gasteiger partial charge in [-0.3, -0.25) is 0 Å². The molecule has 4 N–H and O–H groups in total. The molecular formula is C19H17N5O. The van der Waals surface area contributed by atoms with Gasteiger partial charge >= 0.3 is 0 Å². The van der Waals surface area contributed by atoms with Crippen molar-refractivity contribution in [1.29, 1.82) is 0 Å². The average molecular weight is 331 g/mol. The first-order chi connectivity index (χ1) is 12.2. The Morgan fingerprint density at radius 2 is 2.00 bits per heavy atom.